The van der Waals surface area contributed by atoms with Crippen LogP contribution < -0.4 is 21.1 Å². The van der Waals surface area contributed by atoms with Crippen LogP contribution in [0.15, 0.2) is 53.5 Å². The van der Waals surface area contributed by atoms with E-state index >= 15 is 0 Å². The van der Waals surface area contributed by atoms with Crippen LogP contribution in [0.3, 0.4) is 0 Å². The van der Waals surface area contributed by atoms with Crippen molar-refractivity contribution in [3.63, 3.8) is 0 Å². The maximum absolute atomic E-state index is 13.4. The maximum Gasteiger partial charge on any atom is 0.299 e. The van der Waals surface area contributed by atoms with Gasteiger partial charge in [-0.15, -0.1) is 0 Å². The lowest BCUT2D eigenvalue weighted by molar-refractivity contribution is -0.857. The summed E-state index contributed by atoms with van der Waals surface area (Å²) in [6.45, 7) is 0.735. The molecule has 2 atom stereocenters. The van der Waals surface area contributed by atoms with E-state index in [-0.39, 0.29) is 29.8 Å². The summed E-state index contributed by atoms with van der Waals surface area (Å²) in [5.74, 6) is 2.63. The second-order valence-electron chi connectivity index (χ2n) is 11.9. The Balaban J connectivity index is 1.27. The first-order valence-corrected chi connectivity index (χ1v) is 15.0. The van der Waals surface area contributed by atoms with E-state index in [9.17, 15) is 9.59 Å². The molecule has 5 N–H and O–H groups in total. The van der Waals surface area contributed by atoms with E-state index in [1.165, 1.54) is 37.0 Å². The van der Waals surface area contributed by atoms with E-state index in [0.717, 1.165) is 61.4 Å². The van der Waals surface area contributed by atoms with Gasteiger partial charge in [0.1, 0.15) is 18.0 Å². The lowest BCUT2D eigenvalue weighted by atomic mass is 9.81. The molecule has 2 aromatic rings. The fraction of sp³-hybridized carbons (Fsp3) is 0.531. The molecule has 1 aliphatic heterocycles. The Hall–Kier alpha value is -3.39. The third-order valence-corrected chi connectivity index (χ3v) is 9.36. The quantitative estimate of drug-likeness (QED) is 0.440. The second kappa shape index (κ2) is 12.9. The van der Waals surface area contributed by atoms with Crippen LogP contribution in [0, 0.1) is 11.8 Å². The van der Waals surface area contributed by atoms with E-state index < -0.39 is 0 Å². The third-order valence-electron chi connectivity index (χ3n) is 9.36. The third kappa shape index (κ3) is 6.66. The molecule has 5 rings (SSSR count). The molecule has 2 amide bonds. The van der Waals surface area contributed by atoms with E-state index in [4.69, 9.17) is 21.2 Å². The highest BCUT2D eigenvalue weighted by atomic mass is 16.5. The van der Waals surface area contributed by atoms with Crippen molar-refractivity contribution in [2.45, 2.75) is 89.3 Å². The lowest BCUT2D eigenvalue weighted by Gasteiger charge is -2.37. The number of hydrogen-bond acceptors (Lipinski definition) is 5. The number of aliphatic imine (C=N–C) groups is 1. The molecule has 3 aliphatic rings. The molecule has 0 radical (unpaired) electrons. The van der Waals surface area contributed by atoms with E-state index in [0.29, 0.717) is 18.3 Å². The Bertz CT molecular complexity index is 1200. The van der Waals surface area contributed by atoms with E-state index in [1.54, 1.807) is 0 Å². The lowest BCUT2D eigenvalue weighted by Crippen LogP contribution is -3.19. The zero-order chi connectivity index (χ0) is 28.1. The van der Waals surface area contributed by atoms with E-state index in [2.05, 4.69) is 6.07 Å². The summed E-state index contributed by atoms with van der Waals surface area (Å²) in [7, 11) is 1.92. The average molecular weight is 547 g/mol. The first kappa shape index (κ1) is 28.1. The molecule has 0 aromatic heterocycles. The van der Waals surface area contributed by atoms with Crippen molar-refractivity contribution >= 4 is 23.5 Å². The summed E-state index contributed by atoms with van der Waals surface area (Å²) >= 11 is 0. The number of nitrogens with zero attached hydrogens (tertiary/aromatic N) is 2. The number of guanidine groups is 1. The largest absolute Gasteiger partial charge is 0.457 e. The van der Waals surface area contributed by atoms with Gasteiger partial charge in [0.25, 0.3) is 5.96 Å². The van der Waals surface area contributed by atoms with Gasteiger partial charge in [-0.2, -0.15) is 4.99 Å². The van der Waals surface area contributed by atoms with E-state index in [1.807, 2.05) is 54.4 Å². The molecule has 2 aliphatic carbocycles. The number of ether oxygens (including phenoxy) is 1. The number of hydrogen-bond donors (Lipinski definition) is 3. The molecule has 1 unspecified atom stereocenters. The number of para-hydroxylation sites is 1. The maximum atomic E-state index is 13.4. The number of nitrogens with two attached hydrogens (primary N) is 2. The normalized spacial score (nSPS) is 23.9. The summed E-state index contributed by atoms with van der Waals surface area (Å²) < 4.78 is 6.10. The summed E-state index contributed by atoms with van der Waals surface area (Å²) in [5, 5.41) is 0. The monoisotopic (exact) mass is 546 g/mol. The number of benzene rings is 2. The van der Waals surface area contributed by atoms with Crippen LogP contribution in [0.4, 0.5) is 5.69 Å². The van der Waals surface area contributed by atoms with Crippen molar-refractivity contribution in [2.24, 2.45) is 28.3 Å². The van der Waals surface area contributed by atoms with Gasteiger partial charge in [-0.1, -0.05) is 37.5 Å². The second-order valence-corrected chi connectivity index (χ2v) is 11.9. The minimum atomic E-state index is -0.216. The van der Waals surface area contributed by atoms with Gasteiger partial charge in [0.05, 0.1) is 11.7 Å². The summed E-state index contributed by atoms with van der Waals surface area (Å²) in [6.07, 6.45) is 10.6. The molecule has 1 heterocycles. The fourth-order valence-electron chi connectivity index (χ4n) is 6.96. The topological polar surface area (TPSA) is 115 Å². The highest BCUT2D eigenvalue weighted by molar-refractivity contribution is 5.78. The Morgan fingerprint density at radius 1 is 1.00 bits per heavy atom. The molecule has 2 aromatic carbocycles. The van der Waals surface area contributed by atoms with Gasteiger partial charge in [-0.25, -0.2) is 0 Å². The summed E-state index contributed by atoms with van der Waals surface area (Å²) in [6, 6.07) is 16.2. The van der Waals surface area contributed by atoms with Gasteiger partial charge < -0.3 is 21.1 Å². The van der Waals surface area contributed by atoms with Crippen molar-refractivity contribution < 1.29 is 19.2 Å². The van der Waals surface area contributed by atoms with Crippen LogP contribution in [-0.4, -0.2) is 41.8 Å². The summed E-state index contributed by atoms with van der Waals surface area (Å²) in [5.41, 5.74) is 14.2. The zero-order valence-corrected chi connectivity index (χ0v) is 23.7. The number of carbonyl (C=O) groups is 2. The van der Waals surface area contributed by atoms with Crippen LogP contribution >= 0.6 is 0 Å². The minimum Gasteiger partial charge on any atom is -0.457 e. The van der Waals surface area contributed by atoms with Crippen LogP contribution in [-0.2, 0) is 16.1 Å². The number of quaternary nitrogens is 1. The van der Waals surface area contributed by atoms with Crippen molar-refractivity contribution in [2.75, 3.05) is 7.05 Å². The average Bonchev–Trinajstić information content (AvgIpc) is 2.98. The Kier molecular flexibility index (Phi) is 9.04. The molecular weight excluding hydrogens is 502 g/mol. The van der Waals surface area contributed by atoms with Crippen molar-refractivity contribution in [1.29, 1.82) is 0 Å². The number of amides is 2. The predicted molar refractivity (Wildman–Crippen MR) is 156 cm³/mol. The number of rotatable bonds is 9. The first-order valence-electron chi connectivity index (χ1n) is 15.0. The molecule has 0 bridgehead atoms. The summed E-state index contributed by atoms with van der Waals surface area (Å²) in [4.78, 5) is 32.8. The van der Waals surface area contributed by atoms with Crippen molar-refractivity contribution in [3.05, 3.63) is 54.1 Å². The smallest absolute Gasteiger partial charge is 0.299 e. The minimum absolute atomic E-state index is 0.0538. The Morgan fingerprint density at radius 3 is 2.42 bits per heavy atom. The fourth-order valence-corrected chi connectivity index (χ4v) is 6.96. The van der Waals surface area contributed by atoms with Crippen LogP contribution in [0.1, 0.15) is 76.2 Å². The SMILES string of the molecule is CN(C(=O)CC[C@@H](C1CCCCC1)[NH+]1Cc2cc(Oc3ccccc3)ccc2N=C1N)C1CCC(C(N)=O)CC1. The number of fused-ring (bicyclic) bond motifs is 1. The molecule has 0 spiro atoms. The highest BCUT2D eigenvalue weighted by Crippen LogP contribution is 2.32. The molecule has 8 heteroatoms. The predicted octanol–water partition coefficient (Wildman–Crippen LogP) is 4.06. The van der Waals surface area contributed by atoms with Crippen molar-refractivity contribution in [1.82, 2.24) is 4.90 Å². The van der Waals surface area contributed by atoms with Gasteiger partial charge >= 0.3 is 0 Å². The number of primary amides is 1. The molecule has 2 saturated carbocycles. The number of nitrogens with one attached hydrogen (secondary N) is 1. The van der Waals surface area contributed by atoms with Crippen LogP contribution in [0.2, 0.25) is 0 Å². The van der Waals surface area contributed by atoms with Gasteiger partial charge in [0, 0.05) is 43.3 Å². The van der Waals surface area contributed by atoms with Crippen LogP contribution in [0.5, 0.6) is 11.5 Å². The highest BCUT2D eigenvalue weighted by Gasteiger charge is 2.38. The molecule has 40 heavy (non-hydrogen) atoms. The molecular formula is C32H44N5O3+. The zero-order valence-electron chi connectivity index (χ0n) is 23.7. The number of carbonyl (C=O) groups excluding carboxylic acids is 2. The van der Waals surface area contributed by atoms with Gasteiger partial charge in [0.2, 0.25) is 11.8 Å². The Labute approximate surface area is 237 Å². The first-order chi connectivity index (χ1) is 19.4. The molecule has 0 saturated heterocycles. The molecule has 2 fully saturated rings. The van der Waals surface area contributed by atoms with Gasteiger partial charge in [0.15, 0.2) is 0 Å². The molecule has 8 nitrogen and oxygen atoms in total. The van der Waals surface area contributed by atoms with Gasteiger partial charge in [-0.3, -0.25) is 14.5 Å². The van der Waals surface area contributed by atoms with Crippen LogP contribution in [0.25, 0.3) is 0 Å². The van der Waals surface area contributed by atoms with Gasteiger partial charge in [-0.05, 0) is 68.9 Å². The van der Waals surface area contributed by atoms with Crippen molar-refractivity contribution in [3.8, 4) is 11.5 Å². The Morgan fingerprint density at radius 2 is 1.73 bits per heavy atom. The molecule has 214 valence electrons. The standard InChI is InChI=1S/C32H43N5O3/c1-36(25-14-12-23(13-15-25)31(33)39)30(38)19-18-29(22-8-4-2-5-9-22)37-21-24-20-27(16-17-28(24)35-32(37)34)40-26-10-6-3-7-11-26/h3,6-7,10-11,16-17,20,22-23,25,29H,2,4-5,8-9,12-15,18-19,21H2,1H3,(H2,33,39)(H2,34,35)/p+1/t23?,25?,29-/m0/s1.